The van der Waals surface area contributed by atoms with Gasteiger partial charge in [0, 0.05) is 16.7 Å². The van der Waals surface area contributed by atoms with Crippen molar-refractivity contribution in [3.8, 4) is 34.4 Å². The monoisotopic (exact) mass is 408 g/mol. The van der Waals surface area contributed by atoms with Crippen molar-refractivity contribution in [2.45, 2.75) is 79.7 Å². The van der Waals surface area contributed by atoms with Crippen LogP contribution >= 0.6 is 0 Å². The van der Waals surface area contributed by atoms with Crippen LogP contribution in [-0.4, -0.2) is 24.2 Å². The first kappa shape index (κ1) is 23.6. The largest absolute Gasteiger partial charge is 0.129 e. The Bertz CT molecular complexity index is 766. The predicted molar refractivity (Wildman–Crippen MR) is 131 cm³/mol. The van der Waals surface area contributed by atoms with Crippen LogP contribution < -0.4 is 0 Å². The highest BCUT2D eigenvalue weighted by Crippen LogP contribution is 2.26. The Balaban J connectivity index is 3.90. The van der Waals surface area contributed by atoms with E-state index in [9.17, 15) is 0 Å². The molecule has 0 aliphatic carbocycles. The molecule has 0 aliphatic rings. The van der Waals surface area contributed by atoms with E-state index in [1.165, 1.54) is 16.7 Å². The average molecular weight is 409 g/mol. The van der Waals surface area contributed by atoms with Crippen LogP contribution in [-0.2, 0) is 0 Å². The second-order valence-electron chi connectivity index (χ2n) is 10.5. The van der Waals surface area contributed by atoms with Crippen molar-refractivity contribution in [3.05, 3.63) is 33.4 Å². The molecule has 0 saturated heterocycles. The molecule has 0 radical (unpaired) electrons. The fourth-order valence-electron chi connectivity index (χ4n) is 2.53. The summed E-state index contributed by atoms with van der Waals surface area (Å²) in [6, 6.07) is 0. The molecule has 3 heteroatoms. The molecule has 1 aromatic rings. The molecule has 144 valence electrons. The molecule has 27 heavy (non-hydrogen) atoms. The van der Waals surface area contributed by atoms with Crippen molar-refractivity contribution in [3.63, 3.8) is 0 Å². The molecule has 1 aromatic carbocycles. The molecule has 0 bridgehead atoms. The quantitative estimate of drug-likeness (QED) is 0.349. The smallest absolute Gasteiger partial charge is 0.127 e. The fourth-order valence-corrected chi connectivity index (χ4v) is 4.03. The summed E-state index contributed by atoms with van der Waals surface area (Å²) in [7, 11) is -4.35. The second-order valence-corrected chi connectivity index (χ2v) is 24.8. The molecule has 0 spiro atoms. The molecule has 0 atom stereocenters. The SMILES string of the molecule is Cc1c(C#C[Si](C)(C)C)c(C)c(C#C[Si](C)(C)C)c(C)c1C#C[Si](C)(C)C. The van der Waals surface area contributed by atoms with E-state index < -0.39 is 24.2 Å². The van der Waals surface area contributed by atoms with Gasteiger partial charge in [-0.1, -0.05) is 76.7 Å². The average Bonchev–Trinajstić information content (AvgIpc) is 2.43. The van der Waals surface area contributed by atoms with E-state index in [0.717, 1.165) is 16.7 Å². The zero-order valence-corrected chi connectivity index (χ0v) is 22.5. The number of hydrogen-bond acceptors (Lipinski definition) is 0. The third-order valence-corrected chi connectivity index (χ3v) is 6.56. The van der Waals surface area contributed by atoms with E-state index in [0.29, 0.717) is 0 Å². The minimum absolute atomic E-state index is 1.14. The van der Waals surface area contributed by atoms with E-state index in [4.69, 9.17) is 0 Å². The molecule has 0 saturated carbocycles. The first-order valence-corrected chi connectivity index (χ1v) is 20.2. The maximum Gasteiger partial charge on any atom is 0.129 e. The van der Waals surface area contributed by atoms with Gasteiger partial charge in [-0.05, 0) is 37.5 Å². The van der Waals surface area contributed by atoms with Gasteiger partial charge in [0.25, 0.3) is 0 Å². The first-order chi connectivity index (χ1) is 12.0. The van der Waals surface area contributed by atoms with Crippen molar-refractivity contribution in [1.82, 2.24) is 0 Å². The van der Waals surface area contributed by atoms with E-state index >= 15 is 0 Å². The standard InChI is InChI=1S/C24H36Si3/c1-19-22(13-16-25(4,5)6)20(2)24(15-18-27(10,11)12)21(3)23(19)14-17-26(7,8)9/h1-12H3. The lowest BCUT2D eigenvalue weighted by atomic mass is 9.89. The van der Waals surface area contributed by atoms with Gasteiger partial charge >= 0.3 is 0 Å². The summed E-state index contributed by atoms with van der Waals surface area (Å²) in [6.07, 6.45) is 0. The molecule has 0 heterocycles. The summed E-state index contributed by atoms with van der Waals surface area (Å²) in [4.78, 5) is 0. The van der Waals surface area contributed by atoms with Crippen LogP contribution in [0.1, 0.15) is 33.4 Å². The fraction of sp³-hybridized carbons (Fsp3) is 0.500. The Morgan fingerprint density at radius 2 is 0.593 bits per heavy atom. The minimum Gasteiger partial charge on any atom is -0.127 e. The van der Waals surface area contributed by atoms with Crippen molar-refractivity contribution < 1.29 is 0 Å². The molecule has 0 fully saturated rings. The zero-order valence-electron chi connectivity index (χ0n) is 19.5. The van der Waals surface area contributed by atoms with Gasteiger partial charge in [0.05, 0.1) is 0 Å². The lowest BCUT2D eigenvalue weighted by Crippen LogP contribution is -2.17. The number of hydrogen-bond donors (Lipinski definition) is 0. The maximum absolute atomic E-state index is 3.55. The van der Waals surface area contributed by atoms with Crippen molar-refractivity contribution >= 4 is 24.2 Å². The molecule has 0 amide bonds. The number of rotatable bonds is 0. The molecule has 0 N–H and O–H groups in total. The van der Waals surface area contributed by atoms with E-state index in [-0.39, 0.29) is 0 Å². The van der Waals surface area contributed by atoms with Crippen molar-refractivity contribution in [2.75, 3.05) is 0 Å². The van der Waals surface area contributed by atoms with Crippen LogP contribution in [0.2, 0.25) is 58.9 Å². The second kappa shape index (κ2) is 8.28. The lowest BCUT2D eigenvalue weighted by molar-refractivity contribution is 1.25. The summed E-state index contributed by atoms with van der Waals surface area (Å²) in [6.45, 7) is 27.1. The Morgan fingerprint density at radius 3 is 0.741 bits per heavy atom. The predicted octanol–water partition coefficient (Wildman–Crippen LogP) is 6.30. The van der Waals surface area contributed by atoms with Crippen LogP contribution in [0.25, 0.3) is 0 Å². The summed E-state index contributed by atoms with van der Waals surface area (Å²) >= 11 is 0. The van der Waals surface area contributed by atoms with E-state index in [1.807, 2.05) is 0 Å². The highest BCUT2D eigenvalue weighted by atomic mass is 28.3. The molecular weight excluding hydrogens is 373 g/mol. The Labute approximate surface area is 171 Å². The maximum atomic E-state index is 3.55. The molecular formula is C24H36Si3. The van der Waals surface area contributed by atoms with Gasteiger partial charge in [0.2, 0.25) is 0 Å². The molecule has 0 nitrogen and oxygen atoms in total. The summed E-state index contributed by atoms with van der Waals surface area (Å²) in [5.74, 6) is 10.6. The third kappa shape index (κ3) is 7.59. The van der Waals surface area contributed by atoms with Crippen LogP contribution in [0, 0.1) is 55.2 Å². The van der Waals surface area contributed by atoms with Gasteiger partial charge in [-0.2, -0.15) is 0 Å². The minimum atomic E-state index is -1.45. The normalized spacial score (nSPS) is 11.6. The first-order valence-electron chi connectivity index (χ1n) is 9.75. The summed E-state index contributed by atoms with van der Waals surface area (Å²) < 4.78 is 0. The lowest BCUT2D eigenvalue weighted by Gasteiger charge is -2.16. The highest BCUT2D eigenvalue weighted by molar-refractivity contribution is 6.84. The van der Waals surface area contributed by atoms with Gasteiger partial charge in [0.1, 0.15) is 24.2 Å². The van der Waals surface area contributed by atoms with Crippen molar-refractivity contribution in [1.29, 1.82) is 0 Å². The summed E-state index contributed by atoms with van der Waals surface area (Å²) in [5, 5.41) is 0. The zero-order chi connectivity index (χ0) is 21.2. The number of benzene rings is 1. The Kier molecular flexibility index (Phi) is 7.23. The molecule has 0 aliphatic heterocycles. The van der Waals surface area contributed by atoms with E-state index in [2.05, 4.69) is 114 Å². The Hall–Kier alpha value is -1.45. The van der Waals surface area contributed by atoms with Crippen LogP contribution in [0.4, 0.5) is 0 Å². The van der Waals surface area contributed by atoms with Gasteiger partial charge in [-0.25, -0.2) is 0 Å². The molecule has 1 rings (SSSR count). The third-order valence-electron chi connectivity index (χ3n) is 3.94. The van der Waals surface area contributed by atoms with Gasteiger partial charge < -0.3 is 0 Å². The van der Waals surface area contributed by atoms with Crippen LogP contribution in [0.15, 0.2) is 0 Å². The highest BCUT2D eigenvalue weighted by Gasteiger charge is 2.17. The topological polar surface area (TPSA) is 0 Å². The van der Waals surface area contributed by atoms with E-state index in [1.54, 1.807) is 0 Å². The van der Waals surface area contributed by atoms with Crippen LogP contribution in [0.5, 0.6) is 0 Å². The molecule has 0 aromatic heterocycles. The van der Waals surface area contributed by atoms with Crippen LogP contribution in [0.3, 0.4) is 0 Å². The summed E-state index contributed by atoms with van der Waals surface area (Å²) in [5.41, 5.74) is 17.7. The molecule has 0 unspecified atom stereocenters. The van der Waals surface area contributed by atoms with Gasteiger partial charge in [-0.3, -0.25) is 0 Å². The Morgan fingerprint density at radius 1 is 0.407 bits per heavy atom. The van der Waals surface area contributed by atoms with Gasteiger partial charge in [-0.15, -0.1) is 16.6 Å². The van der Waals surface area contributed by atoms with Crippen molar-refractivity contribution in [2.24, 2.45) is 0 Å². The van der Waals surface area contributed by atoms with Gasteiger partial charge in [0.15, 0.2) is 0 Å².